The highest BCUT2D eigenvalue weighted by molar-refractivity contribution is 7.18. The van der Waals surface area contributed by atoms with Crippen LogP contribution in [0.25, 0.3) is 0 Å². The van der Waals surface area contributed by atoms with Crippen LogP contribution in [0.15, 0.2) is 6.07 Å². The number of nitrogen functional groups attached to an aromatic ring is 1. The molecule has 1 aliphatic heterocycles. The van der Waals surface area contributed by atoms with Gasteiger partial charge in [-0.15, -0.1) is 11.3 Å². The Bertz CT molecular complexity index is 489. The van der Waals surface area contributed by atoms with Gasteiger partial charge in [0.25, 0.3) is 0 Å². The molecule has 5 heteroatoms. The fraction of sp³-hybridized carbons (Fsp3) is 0.667. The standard InChI is InChI=1S/C15H23N3OS/c1-10(9-18-6-2-3-7-18)17-13-8-12(16)15(20-13)14(19)11-4-5-11/h8,10-11,17H,2-7,9,16H2,1H3. The molecule has 2 fully saturated rings. The van der Waals surface area contributed by atoms with Crippen LogP contribution in [0.2, 0.25) is 0 Å². The SMILES string of the molecule is CC(CN1CCCC1)Nc1cc(N)c(C(=O)C2CC2)s1. The number of Topliss-reactive ketones (excluding diaryl/α,β-unsaturated/α-hetero) is 1. The molecule has 0 spiro atoms. The van der Waals surface area contributed by atoms with E-state index in [2.05, 4.69) is 17.1 Å². The molecule has 1 aromatic rings. The first-order valence-corrected chi connectivity index (χ1v) is 8.37. The summed E-state index contributed by atoms with van der Waals surface area (Å²) in [4.78, 5) is 15.3. The number of hydrogen-bond acceptors (Lipinski definition) is 5. The minimum absolute atomic E-state index is 0.242. The largest absolute Gasteiger partial charge is 0.397 e. The molecule has 1 unspecified atom stereocenters. The van der Waals surface area contributed by atoms with Crippen molar-refractivity contribution < 1.29 is 4.79 Å². The molecule has 2 heterocycles. The number of rotatable bonds is 6. The molecule has 20 heavy (non-hydrogen) atoms. The first-order valence-electron chi connectivity index (χ1n) is 7.56. The molecular weight excluding hydrogens is 270 g/mol. The number of nitrogens with two attached hydrogens (primary N) is 1. The van der Waals surface area contributed by atoms with E-state index in [1.165, 1.54) is 37.3 Å². The van der Waals surface area contributed by atoms with E-state index in [-0.39, 0.29) is 11.7 Å². The third-order valence-corrected chi connectivity index (χ3v) is 5.15. The summed E-state index contributed by atoms with van der Waals surface area (Å²) in [6.07, 6.45) is 4.70. The molecule has 0 amide bonds. The lowest BCUT2D eigenvalue weighted by Gasteiger charge is -2.21. The van der Waals surface area contributed by atoms with Gasteiger partial charge in [0.1, 0.15) is 0 Å². The Morgan fingerprint density at radius 1 is 1.50 bits per heavy atom. The maximum atomic E-state index is 12.1. The van der Waals surface area contributed by atoms with Gasteiger partial charge in [-0.1, -0.05) is 0 Å². The van der Waals surface area contributed by atoms with Crippen molar-refractivity contribution in [1.29, 1.82) is 0 Å². The van der Waals surface area contributed by atoms with Gasteiger partial charge >= 0.3 is 0 Å². The number of hydrogen-bond donors (Lipinski definition) is 2. The Labute approximate surface area is 124 Å². The Morgan fingerprint density at radius 2 is 2.20 bits per heavy atom. The number of carbonyl (C=O) groups is 1. The molecule has 1 atom stereocenters. The topological polar surface area (TPSA) is 58.4 Å². The van der Waals surface area contributed by atoms with E-state index in [1.54, 1.807) is 0 Å². The third kappa shape index (κ3) is 3.15. The van der Waals surface area contributed by atoms with Crippen LogP contribution in [0.5, 0.6) is 0 Å². The minimum Gasteiger partial charge on any atom is -0.397 e. The van der Waals surface area contributed by atoms with Crippen LogP contribution in [0.4, 0.5) is 10.7 Å². The lowest BCUT2D eigenvalue weighted by molar-refractivity contribution is 0.0972. The Hall–Kier alpha value is -1.07. The minimum atomic E-state index is 0.242. The average molecular weight is 293 g/mol. The molecular formula is C15H23N3OS. The number of ketones is 1. The fourth-order valence-corrected chi connectivity index (χ4v) is 3.95. The molecule has 3 N–H and O–H groups in total. The van der Waals surface area contributed by atoms with Crippen molar-refractivity contribution in [3.63, 3.8) is 0 Å². The van der Waals surface area contributed by atoms with E-state index in [9.17, 15) is 4.79 Å². The quantitative estimate of drug-likeness (QED) is 0.792. The Balaban J connectivity index is 1.59. The van der Waals surface area contributed by atoms with Crippen molar-refractivity contribution >= 4 is 27.8 Å². The van der Waals surface area contributed by atoms with E-state index in [4.69, 9.17) is 5.73 Å². The number of nitrogens with one attached hydrogen (secondary N) is 1. The summed E-state index contributed by atoms with van der Waals surface area (Å²) < 4.78 is 0. The number of anilines is 2. The van der Waals surface area contributed by atoms with Gasteiger partial charge in [0.2, 0.25) is 0 Å². The predicted molar refractivity (Wildman–Crippen MR) is 84.5 cm³/mol. The maximum absolute atomic E-state index is 12.1. The van der Waals surface area contributed by atoms with E-state index >= 15 is 0 Å². The van der Waals surface area contributed by atoms with Gasteiger partial charge in [-0.25, -0.2) is 0 Å². The summed E-state index contributed by atoms with van der Waals surface area (Å²) in [5.74, 6) is 0.485. The third-order valence-electron chi connectivity index (χ3n) is 4.05. The number of carbonyl (C=O) groups excluding carboxylic acids is 1. The van der Waals surface area contributed by atoms with Gasteiger partial charge < -0.3 is 16.0 Å². The molecule has 2 aliphatic rings. The zero-order valence-electron chi connectivity index (χ0n) is 12.0. The molecule has 0 bridgehead atoms. The number of likely N-dealkylation sites (tertiary alicyclic amines) is 1. The van der Waals surface area contributed by atoms with Crippen LogP contribution < -0.4 is 11.1 Å². The highest BCUT2D eigenvalue weighted by Crippen LogP contribution is 2.38. The molecule has 1 saturated heterocycles. The zero-order valence-corrected chi connectivity index (χ0v) is 12.8. The van der Waals surface area contributed by atoms with Crippen LogP contribution in [0, 0.1) is 5.92 Å². The van der Waals surface area contributed by atoms with Crippen LogP contribution in [0.1, 0.15) is 42.3 Å². The molecule has 1 saturated carbocycles. The van der Waals surface area contributed by atoms with Crippen LogP contribution in [-0.4, -0.2) is 36.4 Å². The number of thiophene rings is 1. The second-order valence-corrected chi connectivity index (χ2v) is 7.14. The summed E-state index contributed by atoms with van der Waals surface area (Å²) in [5, 5.41) is 4.51. The summed E-state index contributed by atoms with van der Waals surface area (Å²) in [5.41, 5.74) is 6.63. The van der Waals surface area contributed by atoms with E-state index in [1.807, 2.05) is 6.07 Å². The summed E-state index contributed by atoms with van der Waals surface area (Å²) in [6.45, 7) is 5.67. The second kappa shape index (κ2) is 5.74. The van der Waals surface area contributed by atoms with Crippen LogP contribution >= 0.6 is 11.3 Å². The van der Waals surface area contributed by atoms with Gasteiger partial charge in [0.05, 0.1) is 15.6 Å². The van der Waals surface area contributed by atoms with Gasteiger partial charge in [0, 0.05) is 18.5 Å². The van der Waals surface area contributed by atoms with Gasteiger partial charge in [0.15, 0.2) is 5.78 Å². The van der Waals surface area contributed by atoms with Crippen molar-refractivity contribution in [3.8, 4) is 0 Å². The molecule has 3 rings (SSSR count). The van der Waals surface area contributed by atoms with Crippen molar-refractivity contribution in [2.45, 2.75) is 38.6 Å². The first-order chi connectivity index (χ1) is 9.63. The van der Waals surface area contributed by atoms with Crippen molar-refractivity contribution in [3.05, 3.63) is 10.9 Å². The van der Waals surface area contributed by atoms with Gasteiger partial charge in [-0.3, -0.25) is 4.79 Å². The summed E-state index contributed by atoms with van der Waals surface area (Å²) in [6, 6.07) is 2.30. The number of nitrogens with zero attached hydrogens (tertiary/aromatic N) is 1. The van der Waals surface area contributed by atoms with Crippen molar-refractivity contribution in [2.75, 3.05) is 30.7 Å². The Kier molecular flexibility index (Phi) is 3.98. The second-order valence-electron chi connectivity index (χ2n) is 6.09. The molecule has 1 aromatic heterocycles. The fourth-order valence-electron chi connectivity index (χ4n) is 2.84. The van der Waals surface area contributed by atoms with Crippen LogP contribution in [-0.2, 0) is 0 Å². The van der Waals surface area contributed by atoms with E-state index in [0.29, 0.717) is 11.7 Å². The summed E-state index contributed by atoms with van der Waals surface area (Å²) >= 11 is 1.52. The van der Waals surface area contributed by atoms with Crippen molar-refractivity contribution in [1.82, 2.24) is 4.90 Å². The normalized spacial score (nSPS) is 21.1. The molecule has 110 valence electrons. The molecule has 4 nitrogen and oxygen atoms in total. The van der Waals surface area contributed by atoms with Crippen molar-refractivity contribution in [2.24, 2.45) is 5.92 Å². The van der Waals surface area contributed by atoms with Gasteiger partial charge in [-0.05, 0) is 51.8 Å². The molecule has 0 aromatic carbocycles. The van der Waals surface area contributed by atoms with E-state index < -0.39 is 0 Å². The zero-order chi connectivity index (χ0) is 14.1. The summed E-state index contributed by atoms with van der Waals surface area (Å²) in [7, 11) is 0. The molecule has 0 radical (unpaired) electrons. The van der Waals surface area contributed by atoms with Crippen LogP contribution in [0.3, 0.4) is 0 Å². The maximum Gasteiger partial charge on any atom is 0.178 e. The van der Waals surface area contributed by atoms with E-state index in [0.717, 1.165) is 29.3 Å². The Morgan fingerprint density at radius 3 is 2.85 bits per heavy atom. The highest BCUT2D eigenvalue weighted by Gasteiger charge is 2.32. The highest BCUT2D eigenvalue weighted by atomic mass is 32.1. The monoisotopic (exact) mass is 293 g/mol. The first kappa shape index (κ1) is 13.9. The smallest absolute Gasteiger partial charge is 0.178 e. The average Bonchev–Trinajstić information content (AvgIpc) is 3.02. The predicted octanol–water partition coefficient (Wildman–Crippen LogP) is 2.82. The van der Waals surface area contributed by atoms with Gasteiger partial charge in [-0.2, -0.15) is 0 Å². The lowest BCUT2D eigenvalue weighted by atomic mass is 10.2. The molecule has 1 aliphatic carbocycles. The lowest BCUT2D eigenvalue weighted by Crippen LogP contribution is -2.32.